The van der Waals surface area contributed by atoms with Crippen LogP contribution in [0.25, 0.3) is 0 Å². The van der Waals surface area contributed by atoms with E-state index in [0.29, 0.717) is 44.3 Å². The number of hydrogen-bond donors (Lipinski definition) is 1. The predicted octanol–water partition coefficient (Wildman–Crippen LogP) is 4.26. The molecular formula is C37H45N5O4S. The highest BCUT2D eigenvalue weighted by atomic mass is 32.1. The molecule has 47 heavy (non-hydrogen) atoms. The van der Waals surface area contributed by atoms with Gasteiger partial charge in [0, 0.05) is 51.5 Å². The maximum absolute atomic E-state index is 14.1. The molecule has 248 valence electrons. The van der Waals surface area contributed by atoms with Crippen LogP contribution in [0.4, 0.5) is 5.82 Å². The Morgan fingerprint density at radius 2 is 1.64 bits per heavy atom. The maximum atomic E-state index is 14.1. The van der Waals surface area contributed by atoms with Gasteiger partial charge in [0.1, 0.15) is 17.8 Å². The van der Waals surface area contributed by atoms with Crippen LogP contribution in [0.1, 0.15) is 58.6 Å². The number of rotatable bonds is 8. The molecule has 2 atom stereocenters. The van der Waals surface area contributed by atoms with Gasteiger partial charge in [-0.3, -0.25) is 14.4 Å². The Bertz CT molecular complexity index is 1570. The number of anilines is 1. The van der Waals surface area contributed by atoms with Crippen molar-refractivity contribution in [3.05, 3.63) is 108 Å². The summed E-state index contributed by atoms with van der Waals surface area (Å²) in [5.74, 6) is 0.0130. The summed E-state index contributed by atoms with van der Waals surface area (Å²) in [4.78, 5) is 52.2. The van der Waals surface area contributed by atoms with Gasteiger partial charge in [0.25, 0.3) is 5.91 Å². The molecule has 0 saturated carbocycles. The number of likely N-dealkylation sites (N-methyl/N-ethyl adjacent to an activating group) is 1. The average Bonchev–Trinajstić information content (AvgIpc) is 3.11. The van der Waals surface area contributed by atoms with Crippen LogP contribution in [0.5, 0.6) is 0 Å². The zero-order valence-corrected chi connectivity index (χ0v) is 28.1. The molecule has 10 heteroatoms. The number of piperazine rings is 1. The van der Waals surface area contributed by atoms with E-state index in [-0.39, 0.29) is 49.8 Å². The molecule has 2 amide bonds. The molecule has 0 radical (unpaired) electrons. The van der Waals surface area contributed by atoms with Crippen LogP contribution in [0.15, 0.2) is 85.6 Å². The normalized spacial score (nSPS) is 21.6. The second kappa shape index (κ2) is 15.2. The van der Waals surface area contributed by atoms with Crippen LogP contribution in [0.2, 0.25) is 0 Å². The van der Waals surface area contributed by atoms with Gasteiger partial charge in [-0.05, 0) is 61.6 Å². The van der Waals surface area contributed by atoms with Gasteiger partial charge in [-0.2, -0.15) is 13.5 Å². The molecule has 9 nitrogen and oxygen atoms in total. The summed E-state index contributed by atoms with van der Waals surface area (Å²) < 4.78 is 5.68. The fourth-order valence-electron chi connectivity index (χ4n) is 7.28. The van der Waals surface area contributed by atoms with Crippen molar-refractivity contribution in [3.8, 4) is 0 Å². The van der Waals surface area contributed by atoms with Crippen LogP contribution < -0.4 is 10.2 Å². The number of piperidine rings is 1. The summed E-state index contributed by atoms with van der Waals surface area (Å²) in [6.45, 7) is 8.49. The lowest BCUT2D eigenvalue weighted by atomic mass is 9.63. The largest absolute Gasteiger partial charge is 0.461 e. The first-order valence-electron chi connectivity index (χ1n) is 16.3. The van der Waals surface area contributed by atoms with Crippen LogP contribution in [0.3, 0.4) is 0 Å². The molecule has 1 aliphatic carbocycles. The minimum absolute atomic E-state index is 0. The fraction of sp³-hybridized carbons (Fsp3) is 0.405. The summed E-state index contributed by atoms with van der Waals surface area (Å²) in [7, 11) is 2.10. The lowest BCUT2D eigenvalue weighted by Crippen LogP contribution is -2.50. The van der Waals surface area contributed by atoms with Gasteiger partial charge in [0.2, 0.25) is 5.91 Å². The molecule has 0 spiro atoms. The molecule has 1 aromatic heterocycles. The molecule has 1 N–H and O–H groups in total. The molecule has 6 rings (SSSR count). The van der Waals surface area contributed by atoms with E-state index in [9.17, 15) is 14.4 Å². The number of aromatic nitrogens is 1. The Kier molecular flexibility index (Phi) is 11.0. The van der Waals surface area contributed by atoms with Gasteiger partial charge in [-0.1, -0.05) is 67.3 Å². The second-order valence-corrected chi connectivity index (χ2v) is 12.6. The van der Waals surface area contributed by atoms with Crippen molar-refractivity contribution in [3.63, 3.8) is 0 Å². The summed E-state index contributed by atoms with van der Waals surface area (Å²) in [6, 6.07) is 21.2. The van der Waals surface area contributed by atoms with Crippen molar-refractivity contribution < 1.29 is 19.1 Å². The number of carbonyl (C=O) groups excluding carboxylic acids is 3. The van der Waals surface area contributed by atoms with Gasteiger partial charge < -0.3 is 24.8 Å². The zero-order valence-electron chi connectivity index (χ0n) is 27.1. The Labute approximate surface area is 284 Å². The molecule has 3 aliphatic rings. The van der Waals surface area contributed by atoms with Gasteiger partial charge in [0.05, 0.1) is 11.5 Å². The molecule has 3 heterocycles. The van der Waals surface area contributed by atoms with Gasteiger partial charge >= 0.3 is 5.97 Å². The highest BCUT2D eigenvalue weighted by Gasteiger charge is 2.50. The lowest BCUT2D eigenvalue weighted by molar-refractivity contribution is -0.149. The highest BCUT2D eigenvalue weighted by molar-refractivity contribution is 7.59. The average molecular weight is 656 g/mol. The molecule has 2 saturated heterocycles. The van der Waals surface area contributed by atoms with E-state index in [1.165, 1.54) is 0 Å². The van der Waals surface area contributed by atoms with E-state index in [4.69, 9.17) is 4.74 Å². The van der Waals surface area contributed by atoms with Crippen molar-refractivity contribution in [2.75, 3.05) is 57.8 Å². The fourth-order valence-corrected chi connectivity index (χ4v) is 7.28. The van der Waals surface area contributed by atoms with Crippen molar-refractivity contribution in [2.24, 2.45) is 0 Å². The lowest BCUT2D eigenvalue weighted by Gasteiger charge is -2.42. The Morgan fingerprint density at radius 1 is 0.936 bits per heavy atom. The van der Waals surface area contributed by atoms with Crippen molar-refractivity contribution in [1.82, 2.24) is 20.1 Å². The summed E-state index contributed by atoms with van der Waals surface area (Å²) in [5, 5.41) is 3.22. The molecule has 0 unspecified atom stereocenters. The third-order valence-electron chi connectivity index (χ3n) is 9.83. The van der Waals surface area contributed by atoms with Crippen LogP contribution >= 0.6 is 13.5 Å². The number of ether oxygens (including phenoxy) is 1. The highest BCUT2D eigenvalue weighted by Crippen LogP contribution is 2.48. The van der Waals surface area contributed by atoms with Crippen LogP contribution in [-0.4, -0.2) is 91.5 Å². The minimum Gasteiger partial charge on any atom is -0.461 e. The number of fused-ring (bicyclic) bond motifs is 1. The Morgan fingerprint density at radius 3 is 2.36 bits per heavy atom. The number of pyridine rings is 1. The first-order chi connectivity index (χ1) is 22.4. The quantitative estimate of drug-likeness (QED) is 0.286. The Hall–Kier alpha value is -4.15. The van der Waals surface area contributed by atoms with Gasteiger partial charge in [-0.15, -0.1) is 0 Å². The standard InChI is InChI=1S/C37H43N5O4.H2S/c1-3-26-46-36(45)37(27-10-5-4-6-11-27)18-15-30(29-12-7-8-14-32(29)37)35(44)42-20-16-28(17-21-42)39-34(43)31-13-9-19-38-33(31)41-24-22-40(2)23-25-41;/h3-14,19,28,30H,1,15-18,20-26H2,2H3,(H,39,43);1H2/t30-,37+;/m0./s1. The summed E-state index contributed by atoms with van der Waals surface area (Å²) in [5.41, 5.74) is 2.17. The van der Waals surface area contributed by atoms with Gasteiger partial charge in [-0.25, -0.2) is 4.98 Å². The number of nitrogens with one attached hydrogen (secondary N) is 1. The van der Waals surface area contributed by atoms with Crippen molar-refractivity contribution in [2.45, 2.75) is 43.1 Å². The monoisotopic (exact) mass is 655 g/mol. The molecule has 2 fully saturated rings. The van der Waals surface area contributed by atoms with E-state index in [1.54, 1.807) is 12.3 Å². The predicted molar refractivity (Wildman–Crippen MR) is 188 cm³/mol. The number of benzene rings is 2. The van der Waals surface area contributed by atoms with E-state index >= 15 is 0 Å². The smallest absolute Gasteiger partial charge is 0.321 e. The number of amides is 2. The van der Waals surface area contributed by atoms with E-state index in [0.717, 1.165) is 48.7 Å². The maximum Gasteiger partial charge on any atom is 0.321 e. The first-order valence-corrected chi connectivity index (χ1v) is 16.3. The van der Waals surface area contributed by atoms with Crippen molar-refractivity contribution >= 4 is 37.1 Å². The van der Waals surface area contributed by atoms with Crippen LogP contribution in [0, 0.1) is 0 Å². The number of likely N-dealkylation sites (tertiary alicyclic amines) is 1. The van der Waals surface area contributed by atoms with Crippen LogP contribution in [-0.2, 0) is 19.7 Å². The summed E-state index contributed by atoms with van der Waals surface area (Å²) >= 11 is 0. The summed E-state index contributed by atoms with van der Waals surface area (Å²) in [6.07, 6.45) is 5.67. The SMILES string of the molecule is C=CCOC(=O)[C@@]1(c2ccccc2)CC[C@H](C(=O)N2CCC(NC(=O)c3cccnc3N3CCN(C)CC3)CC2)c2ccccc21.S. The third kappa shape index (κ3) is 6.94. The molecular weight excluding hydrogens is 611 g/mol. The Balaban J connectivity index is 0.00000433. The third-order valence-corrected chi connectivity index (χ3v) is 9.83. The topological polar surface area (TPSA) is 95.1 Å². The first kappa shape index (κ1) is 34.2. The van der Waals surface area contributed by atoms with Crippen molar-refractivity contribution in [1.29, 1.82) is 0 Å². The van der Waals surface area contributed by atoms with Gasteiger partial charge in [0.15, 0.2) is 0 Å². The second-order valence-electron chi connectivity index (χ2n) is 12.6. The molecule has 3 aromatic rings. The number of hydrogen-bond acceptors (Lipinski definition) is 7. The minimum atomic E-state index is -0.996. The molecule has 2 aliphatic heterocycles. The number of esters is 1. The molecule has 0 bridgehead atoms. The number of carbonyl (C=O) groups is 3. The molecule has 2 aromatic carbocycles. The zero-order chi connectivity index (χ0) is 32.1. The van der Waals surface area contributed by atoms with E-state index in [2.05, 4.69) is 33.7 Å². The van der Waals surface area contributed by atoms with E-state index in [1.807, 2.05) is 71.6 Å². The van der Waals surface area contributed by atoms with E-state index < -0.39 is 5.41 Å². The number of nitrogens with zero attached hydrogens (tertiary/aromatic N) is 4.